The predicted octanol–water partition coefficient (Wildman–Crippen LogP) is 3.47. The zero-order chi connectivity index (χ0) is 9.90. The van der Waals surface area contributed by atoms with Crippen LogP contribution >= 0.6 is 0 Å². The summed E-state index contributed by atoms with van der Waals surface area (Å²) in [6, 6.07) is 8.14. The fourth-order valence-corrected chi connectivity index (χ4v) is 1.13. The second-order valence-corrected chi connectivity index (χ2v) is 4.07. The highest BCUT2D eigenvalue weighted by molar-refractivity contribution is 5.56. The van der Waals surface area contributed by atoms with E-state index in [1.54, 1.807) is 0 Å². The van der Waals surface area contributed by atoms with Crippen molar-refractivity contribution in [2.75, 3.05) is 0 Å². The average molecular weight is 173 g/mol. The first-order valence-corrected chi connectivity index (χ1v) is 4.37. The van der Waals surface area contributed by atoms with Gasteiger partial charge in [0.1, 0.15) is 0 Å². The number of benzene rings is 1. The van der Waals surface area contributed by atoms with Crippen LogP contribution in [0.15, 0.2) is 35.8 Å². The molecule has 0 atom stereocenters. The maximum absolute atomic E-state index is 4.02. The van der Waals surface area contributed by atoms with Gasteiger partial charge < -0.3 is 0 Å². The molecule has 1 aromatic rings. The summed E-state index contributed by atoms with van der Waals surface area (Å²) in [6.07, 6.45) is 0. The second-order valence-electron chi connectivity index (χ2n) is 4.07. The van der Waals surface area contributed by atoms with Gasteiger partial charge in [-0.25, -0.2) is 4.99 Å². The van der Waals surface area contributed by atoms with Crippen LogP contribution in [0.4, 0.5) is 5.69 Å². The average Bonchev–Trinajstić information content (AvgIpc) is 2.04. The molecule has 0 unspecified atom stereocenters. The summed E-state index contributed by atoms with van der Waals surface area (Å²) in [5.41, 5.74) is 2.37. The van der Waals surface area contributed by atoms with Crippen LogP contribution in [0.2, 0.25) is 0 Å². The van der Waals surface area contributed by atoms with Crippen molar-refractivity contribution in [2.24, 2.45) is 4.99 Å². The molecule has 0 heterocycles. The lowest BCUT2D eigenvalue weighted by Crippen LogP contribution is -2.10. The van der Waals surface area contributed by atoms with Gasteiger partial charge in [0.25, 0.3) is 0 Å². The number of hydrogen-bond acceptors (Lipinski definition) is 1. The van der Waals surface area contributed by atoms with Crippen LogP contribution in [0.25, 0.3) is 0 Å². The molecule has 1 nitrogen and oxygen atoms in total. The first-order chi connectivity index (χ1) is 6.04. The summed E-state index contributed by atoms with van der Waals surface area (Å²) < 4.78 is 0. The summed E-state index contributed by atoms with van der Waals surface area (Å²) in [5.74, 6) is 2.54. The van der Waals surface area contributed by atoms with E-state index in [-0.39, 0.29) is 5.41 Å². The fraction of sp³-hybridized carbons (Fsp3) is 0.333. The molecule has 0 fully saturated rings. The van der Waals surface area contributed by atoms with Crippen LogP contribution < -0.4 is 0 Å². The smallest absolute Gasteiger partial charge is 0.0732 e. The number of nitrogens with zero attached hydrogens (tertiary/aromatic N) is 1. The topological polar surface area (TPSA) is 12.4 Å². The molecule has 0 saturated carbocycles. The van der Waals surface area contributed by atoms with Crippen molar-refractivity contribution in [2.45, 2.75) is 26.2 Å². The SMILES string of the molecule is C=C=Nc1cccc(C(C)(C)C)c1. The van der Waals surface area contributed by atoms with Crippen molar-refractivity contribution in [3.63, 3.8) is 0 Å². The quantitative estimate of drug-likeness (QED) is 0.576. The van der Waals surface area contributed by atoms with E-state index in [1.165, 1.54) is 5.56 Å². The summed E-state index contributed by atoms with van der Waals surface area (Å²) in [4.78, 5) is 4.02. The molecular formula is C12H15N. The van der Waals surface area contributed by atoms with Crippen molar-refractivity contribution in [1.29, 1.82) is 0 Å². The first kappa shape index (κ1) is 9.76. The Hall–Kier alpha value is -1.33. The number of rotatable bonds is 1. The van der Waals surface area contributed by atoms with E-state index < -0.39 is 0 Å². The summed E-state index contributed by atoms with van der Waals surface area (Å²) in [6.45, 7) is 10.0. The molecule has 0 saturated heterocycles. The third kappa shape index (κ3) is 2.57. The van der Waals surface area contributed by atoms with Gasteiger partial charge in [0, 0.05) is 0 Å². The van der Waals surface area contributed by atoms with Gasteiger partial charge in [0.05, 0.1) is 5.69 Å². The zero-order valence-electron chi connectivity index (χ0n) is 8.46. The van der Waals surface area contributed by atoms with Gasteiger partial charge in [0.2, 0.25) is 0 Å². The van der Waals surface area contributed by atoms with E-state index in [9.17, 15) is 0 Å². The minimum atomic E-state index is 0.173. The largest absolute Gasteiger partial charge is 0.207 e. The maximum Gasteiger partial charge on any atom is 0.0732 e. The number of aliphatic imine (C=N–C) groups is 1. The molecular weight excluding hydrogens is 158 g/mol. The van der Waals surface area contributed by atoms with E-state index in [0.29, 0.717) is 0 Å². The molecule has 0 aliphatic carbocycles. The van der Waals surface area contributed by atoms with Crippen LogP contribution in [-0.2, 0) is 5.41 Å². The zero-order valence-corrected chi connectivity index (χ0v) is 8.46. The van der Waals surface area contributed by atoms with Gasteiger partial charge in [-0.3, -0.25) is 0 Å². The lowest BCUT2D eigenvalue weighted by atomic mass is 9.87. The van der Waals surface area contributed by atoms with Gasteiger partial charge in [-0.2, -0.15) is 0 Å². The third-order valence-corrected chi connectivity index (χ3v) is 1.92. The van der Waals surface area contributed by atoms with Gasteiger partial charge in [0.15, 0.2) is 0 Å². The third-order valence-electron chi connectivity index (χ3n) is 1.92. The predicted molar refractivity (Wildman–Crippen MR) is 57.9 cm³/mol. The molecule has 0 aromatic heterocycles. The minimum absolute atomic E-state index is 0.173. The molecule has 1 aromatic carbocycles. The fourth-order valence-electron chi connectivity index (χ4n) is 1.13. The molecule has 1 heteroatoms. The Labute approximate surface area is 79.8 Å². The molecule has 68 valence electrons. The van der Waals surface area contributed by atoms with Crippen molar-refractivity contribution in [3.05, 3.63) is 36.4 Å². The molecule has 0 aliphatic rings. The molecule has 0 aliphatic heterocycles. The van der Waals surface area contributed by atoms with Gasteiger partial charge in [-0.05, 0) is 35.6 Å². The molecule has 0 radical (unpaired) electrons. The van der Waals surface area contributed by atoms with Gasteiger partial charge in [-0.15, -0.1) is 0 Å². The minimum Gasteiger partial charge on any atom is -0.207 e. The van der Waals surface area contributed by atoms with Crippen LogP contribution in [0, 0.1) is 0 Å². The maximum atomic E-state index is 4.02. The molecule has 1 rings (SSSR count). The van der Waals surface area contributed by atoms with Crippen molar-refractivity contribution < 1.29 is 0 Å². The van der Waals surface area contributed by atoms with E-state index in [0.717, 1.165) is 5.69 Å². The highest BCUT2D eigenvalue weighted by Crippen LogP contribution is 2.25. The van der Waals surface area contributed by atoms with E-state index >= 15 is 0 Å². The Balaban J connectivity index is 3.12. The van der Waals surface area contributed by atoms with Crippen LogP contribution in [0.5, 0.6) is 0 Å². The summed E-state index contributed by atoms with van der Waals surface area (Å²) in [5, 5.41) is 0. The molecule has 0 spiro atoms. The molecule has 13 heavy (non-hydrogen) atoms. The Morgan fingerprint density at radius 1 is 1.31 bits per heavy atom. The highest BCUT2D eigenvalue weighted by Gasteiger charge is 2.12. The summed E-state index contributed by atoms with van der Waals surface area (Å²) >= 11 is 0. The lowest BCUT2D eigenvalue weighted by molar-refractivity contribution is 0.590. The van der Waals surface area contributed by atoms with Crippen LogP contribution in [-0.4, -0.2) is 5.87 Å². The first-order valence-electron chi connectivity index (χ1n) is 4.37. The molecule has 0 bridgehead atoms. The Bertz CT molecular complexity index is 338. The normalized spacial score (nSPS) is 10.7. The lowest BCUT2D eigenvalue weighted by Gasteiger charge is -2.18. The van der Waals surface area contributed by atoms with Crippen molar-refractivity contribution in [1.82, 2.24) is 0 Å². The van der Waals surface area contributed by atoms with E-state index in [4.69, 9.17) is 0 Å². The van der Waals surface area contributed by atoms with Gasteiger partial charge in [-0.1, -0.05) is 32.9 Å². The highest BCUT2D eigenvalue weighted by atomic mass is 14.7. The molecule has 0 N–H and O–H groups in total. The van der Waals surface area contributed by atoms with Crippen molar-refractivity contribution in [3.8, 4) is 0 Å². The molecule has 0 amide bonds. The standard InChI is InChI=1S/C12H15N/c1-5-13-11-8-6-7-10(9-11)12(2,3)4/h6-9H,1H2,2-4H3. The Kier molecular flexibility index (Phi) is 2.69. The number of hydrogen-bond donors (Lipinski definition) is 0. The van der Waals surface area contributed by atoms with Crippen LogP contribution in [0.3, 0.4) is 0 Å². The van der Waals surface area contributed by atoms with Crippen LogP contribution in [0.1, 0.15) is 26.3 Å². The Morgan fingerprint density at radius 2 is 2.00 bits per heavy atom. The van der Waals surface area contributed by atoms with Gasteiger partial charge >= 0.3 is 0 Å². The second kappa shape index (κ2) is 3.59. The van der Waals surface area contributed by atoms with Crippen molar-refractivity contribution >= 4 is 11.6 Å². The monoisotopic (exact) mass is 173 g/mol. The Morgan fingerprint density at radius 3 is 2.54 bits per heavy atom. The van der Waals surface area contributed by atoms with E-state index in [1.807, 2.05) is 12.1 Å². The van der Waals surface area contributed by atoms with E-state index in [2.05, 4.69) is 50.3 Å². The summed E-state index contributed by atoms with van der Waals surface area (Å²) in [7, 11) is 0.